The topological polar surface area (TPSA) is 26.0 Å². The molecule has 0 bridgehead atoms. The van der Waals surface area contributed by atoms with E-state index in [2.05, 4.69) is 5.92 Å². The van der Waals surface area contributed by atoms with Crippen LogP contribution in [0.3, 0.4) is 0 Å². The zero-order valence-corrected chi connectivity index (χ0v) is 6.37. The first-order valence-electron chi connectivity index (χ1n) is 2.93. The van der Waals surface area contributed by atoms with Crippen molar-refractivity contribution in [2.45, 2.75) is 25.3 Å². The van der Waals surface area contributed by atoms with Gasteiger partial charge in [-0.25, -0.2) is 0 Å². The molecule has 1 rings (SSSR count). The first kappa shape index (κ1) is 8.81. The molecule has 1 nitrogen and oxygen atoms in total. The predicted octanol–water partition coefficient (Wildman–Crippen LogP) is 1.17. The number of hydrogen-bond acceptors (Lipinski definition) is 1. The Balaban J connectivity index is 0.000000640. The number of hydrogen-bond donors (Lipinski definition) is 1. The smallest absolute Gasteiger partial charge is 0.0773 e. The molecule has 0 heterocycles. The molecule has 1 saturated carbocycles. The lowest BCUT2D eigenvalue weighted by atomic mass is 9.99. The van der Waals surface area contributed by atoms with Crippen LogP contribution in [0.2, 0.25) is 0 Å². The van der Waals surface area contributed by atoms with Crippen molar-refractivity contribution in [2.75, 3.05) is 0 Å². The summed E-state index contributed by atoms with van der Waals surface area (Å²) in [6, 6.07) is 0. The number of halogens is 1. The minimum absolute atomic E-state index is 0. The van der Waals surface area contributed by atoms with Crippen LogP contribution < -0.4 is 5.73 Å². The molecular formula is C7H12ClN. The van der Waals surface area contributed by atoms with E-state index in [1.165, 1.54) is 12.8 Å². The fourth-order valence-electron chi connectivity index (χ4n) is 0.801. The van der Waals surface area contributed by atoms with Crippen LogP contribution in [0.25, 0.3) is 0 Å². The number of terminal acetylenes is 1. The van der Waals surface area contributed by atoms with E-state index < -0.39 is 0 Å². The fraction of sp³-hybridized carbons (Fsp3) is 0.714. The normalized spacial score (nSPS) is 23.2. The summed E-state index contributed by atoms with van der Waals surface area (Å²) in [7, 11) is 0. The Kier molecular flexibility index (Phi) is 2.54. The van der Waals surface area contributed by atoms with Crippen LogP contribution in [0.4, 0.5) is 0 Å². The van der Waals surface area contributed by atoms with E-state index in [9.17, 15) is 0 Å². The van der Waals surface area contributed by atoms with Crippen molar-refractivity contribution in [2.24, 2.45) is 11.7 Å². The average molecular weight is 146 g/mol. The third-order valence-electron chi connectivity index (χ3n) is 1.74. The summed E-state index contributed by atoms with van der Waals surface area (Å²) in [5, 5.41) is 0. The molecule has 0 aromatic rings. The highest BCUT2D eigenvalue weighted by Gasteiger charge is 2.36. The molecule has 2 N–H and O–H groups in total. The second kappa shape index (κ2) is 2.60. The van der Waals surface area contributed by atoms with Crippen molar-refractivity contribution in [3.63, 3.8) is 0 Å². The lowest BCUT2D eigenvalue weighted by Gasteiger charge is -2.14. The second-order valence-corrected chi connectivity index (χ2v) is 2.70. The summed E-state index contributed by atoms with van der Waals surface area (Å²) in [5.74, 6) is 3.19. The molecule has 0 spiro atoms. The fourth-order valence-corrected chi connectivity index (χ4v) is 0.801. The standard InChI is InChI=1S/C7H11N.ClH/c1-3-7(2,8)6-4-5-6;/h1,6H,4-5,8H2,2H3;1H. The van der Waals surface area contributed by atoms with E-state index in [-0.39, 0.29) is 17.9 Å². The summed E-state index contributed by atoms with van der Waals surface area (Å²) < 4.78 is 0. The van der Waals surface area contributed by atoms with Crippen LogP contribution in [0.15, 0.2) is 0 Å². The van der Waals surface area contributed by atoms with E-state index in [0.29, 0.717) is 5.92 Å². The third-order valence-corrected chi connectivity index (χ3v) is 1.74. The van der Waals surface area contributed by atoms with Gasteiger partial charge in [0.2, 0.25) is 0 Å². The van der Waals surface area contributed by atoms with E-state index in [4.69, 9.17) is 12.2 Å². The maximum Gasteiger partial charge on any atom is 0.0773 e. The SMILES string of the molecule is C#CC(C)(N)C1CC1.Cl. The lowest BCUT2D eigenvalue weighted by Crippen LogP contribution is -2.36. The van der Waals surface area contributed by atoms with Crippen molar-refractivity contribution >= 4 is 12.4 Å². The van der Waals surface area contributed by atoms with Gasteiger partial charge in [-0.2, -0.15) is 0 Å². The molecule has 0 aliphatic heterocycles. The monoisotopic (exact) mass is 145 g/mol. The van der Waals surface area contributed by atoms with Crippen LogP contribution in [-0.2, 0) is 0 Å². The minimum Gasteiger partial charge on any atom is -0.315 e. The summed E-state index contributed by atoms with van der Waals surface area (Å²) >= 11 is 0. The second-order valence-electron chi connectivity index (χ2n) is 2.70. The molecule has 2 heteroatoms. The highest BCUT2D eigenvalue weighted by atomic mass is 35.5. The maximum atomic E-state index is 5.69. The molecule has 1 aliphatic rings. The number of nitrogens with two attached hydrogens (primary N) is 1. The average Bonchev–Trinajstić information content (AvgIpc) is 2.44. The van der Waals surface area contributed by atoms with Crippen LogP contribution in [0.5, 0.6) is 0 Å². The highest BCUT2D eigenvalue weighted by molar-refractivity contribution is 5.85. The Morgan fingerprint density at radius 3 is 2.22 bits per heavy atom. The minimum atomic E-state index is -0.319. The molecule has 0 radical (unpaired) electrons. The van der Waals surface area contributed by atoms with Crippen molar-refractivity contribution < 1.29 is 0 Å². The van der Waals surface area contributed by atoms with Gasteiger partial charge in [0, 0.05) is 0 Å². The molecule has 0 amide bonds. The van der Waals surface area contributed by atoms with Gasteiger partial charge in [-0.1, -0.05) is 5.92 Å². The first-order chi connectivity index (χ1) is 3.67. The number of rotatable bonds is 1. The zero-order chi connectivity index (χ0) is 6.20. The van der Waals surface area contributed by atoms with Gasteiger partial charge in [-0.3, -0.25) is 0 Å². The zero-order valence-electron chi connectivity index (χ0n) is 5.55. The molecule has 9 heavy (non-hydrogen) atoms. The molecule has 1 aliphatic carbocycles. The Morgan fingerprint density at radius 2 is 2.11 bits per heavy atom. The van der Waals surface area contributed by atoms with Crippen LogP contribution in [0, 0.1) is 18.3 Å². The molecule has 1 unspecified atom stereocenters. The van der Waals surface area contributed by atoms with Gasteiger partial charge in [-0.05, 0) is 25.7 Å². The van der Waals surface area contributed by atoms with Crippen molar-refractivity contribution in [1.82, 2.24) is 0 Å². The Hall–Kier alpha value is -0.190. The summed E-state index contributed by atoms with van der Waals surface area (Å²) in [6.07, 6.45) is 7.61. The third kappa shape index (κ3) is 1.89. The van der Waals surface area contributed by atoms with E-state index in [0.717, 1.165) is 0 Å². The summed E-state index contributed by atoms with van der Waals surface area (Å²) in [4.78, 5) is 0. The van der Waals surface area contributed by atoms with Gasteiger partial charge < -0.3 is 5.73 Å². The van der Waals surface area contributed by atoms with Crippen molar-refractivity contribution in [3.8, 4) is 12.3 Å². The van der Waals surface area contributed by atoms with Gasteiger partial charge in [0.05, 0.1) is 5.54 Å². The predicted molar refractivity (Wildman–Crippen MR) is 41.4 cm³/mol. The van der Waals surface area contributed by atoms with Crippen molar-refractivity contribution in [3.05, 3.63) is 0 Å². The van der Waals surface area contributed by atoms with E-state index in [1.54, 1.807) is 0 Å². The molecule has 1 fully saturated rings. The lowest BCUT2D eigenvalue weighted by molar-refractivity contribution is 0.530. The van der Waals surface area contributed by atoms with Crippen LogP contribution >= 0.6 is 12.4 Å². The van der Waals surface area contributed by atoms with E-state index >= 15 is 0 Å². The highest BCUT2D eigenvalue weighted by Crippen LogP contribution is 2.37. The van der Waals surface area contributed by atoms with Gasteiger partial charge >= 0.3 is 0 Å². The van der Waals surface area contributed by atoms with Gasteiger partial charge in [-0.15, -0.1) is 18.8 Å². The molecule has 0 saturated heterocycles. The molecule has 0 aromatic heterocycles. The molecule has 0 aromatic carbocycles. The van der Waals surface area contributed by atoms with E-state index in [1.807, 2.05) is 6.92 Å². The van der Waals surface area contributed by atoms with Crippen LogP contribution in [-0.4, -0.2) is 5.54 Å². The Bertz CT molecular complexity index is 130. The summed E-state index contributed by atoms with van der Waals surface area (Å²) in [6.45, 7) is 1.92. The Morgan fingerprint density at radius 1 is 1.67 bits per heavy atom. The Labute approximate surface area is 62.4 Å². The molecular weight excluding hydrogens is 134 g/mol. The quantitative estimate of drug-likeness (QED) is 0.551. The molecule has 52 valence electrons. The van der Waals surface area contributed by atoms with Gasteiger partial charge in [0.15, 0.2) is 0 Å². The first-order valence-corrected chi connectivity index (χ1v) is 2.93. The van der Waals surface area contributed by atoms with Crippen molar-refractivity contribution in [1.29, 1.82) is 0 Å². The van der Waals surface area contributed by atoms with Gasteiger partial charge in [0.1, 0.15) is 0 Å². The van der Waals surface area contributed by atoms with Gasteiger partial charge in [0.25, 0.3) is 0 Å². The maximum absolute atomic E-state index is 5.69. The summed E-state index contributed by atoms with van der Waals surface area (Å²) in [5.41, 5.74) is 5.37. The largest absolute Gasteiger partial charge is 0.315 e. The van der Waals surface area contributed by atoms with Crippen LogP contribution in [0.1, 0.15) is 19.8 Å². The molecule has 1 atom stereocenters.